The molecule has 2 aromatic carbocycles. The van der Waals surface area contributed by atoms with Crippen molar-refractivity contribution < 1.29 is 9.53 Å². The summed E-state index contributed by atoms with van der Waals surface area (Å²) in [6.45, 7) is 3.98. The SMILES string of the molecule is CC[C@@H](C)NC(=O)CSc1nc2ccccc2c(=O)n1-c1ccccc1OC. The highest BCUT2D eigenvalue weighted by molar-refractivity contribution is 7.99. The number of nitrogens with one attached hydrogen (secondary N) is 1. The van der Waals surface area contributed by atoms with E-state index in [1.54, 1.807) is 31.4 Å². The average molecular weight is 398 g/mol. The highest BCUT2D eigenvalue weighted by Gasteiger charge is 2.17. The second kappa shape index (κ2) is 8.93. The van der Waals surface area contributed by atoms with Crippen molar-refractivity contribution in [3.8, 4) is 11.4 Å². The highest BCUT2D eigenvalue weighted by Crippen LogP contribution is 2.26. The lowest BCUT2D eigenvalue weighted by molar-refractivity contribution is -0.119. The molecule has 1 atom stereocenters. The molecular weight excluding hydrogens is 374 g/mol. The first-order valence-electron chi connectivity index (χ1n) is 9.12. The Balaban J connectivity index is 2.07. The molecule has 3 rings (SSSR count). The van der Waals surface area contributed by atoms with E-state index in [1.807, 2.05) is 38.1 Å². The largest absolute Gasteiger partial charge is 0.495 e. The summed E-state index contributed by atoms with van der Waals surface area (Å²) in [5.41, 5.74) is 1.00. The Morgan fingerprint density at radius 2 is 1.93 bits per heavy atom. The van der Waals surface area contributed by atoms with Crippen molar-refractivity contribution >= 4 is 28.6 Å². The molecule has 1 amide bonds. The molecule has 3 aromatic rings. The maximum atomic E-state index is 13.2. The fourth-order valence-electron chi connectivity index (χ4n) is 2.78. The van der Waals surface area contributed by atoms with Gasteiger partial charge in [0.05, 0.1) is 29.5 Å². The number of thioether (sulfide) groups is 1. The summed E-state index contributed by atoms with van der Waals surface area (Å²) in [4.78, 5) is 30.1. The lowest BCUT2D eigenvalue weighted by Gasteiger charge is -2.16. The topological polar surface area (TPSA) is 73.2 Å². The number of carbonyl (C=O) groups is 1. The monoisotopic (exact) mass is 397 g/mol. The molecule has 1 N–H and O–H groups in total. The van der Waals surface area contributed by atoms with Gasteiger partial charge in [0.2, 0.25) is 5.91 Å². The van der Waals surface area contributed by atoms with Gasteiger partial charge in [0.15, 0.2) is 5.16 Å². The van der Waals surface area contributed by atoms with E-state index in [1.165, 1.54) is 16.3 Å². The van der Waals surface area contributed by atoms with Gasteiger partial charge in [-0.15, -0.1) is 0 Å². The van der Waals surface area contributed by atoms with Gasteiger partial charge in [-0.3, -0.25) is 14.2 Å². The van der Waals surface area contributed by atoms with Gasteiger partial charge in [0.1, 0.15) is 5.75 Å². The number of amides is 1. The lowest BCUT2D eigenvalue weighted by atomic mass is 10.2. The molecule has 1 aromatic heterocycles. The van der Waals surface area contributed by atoms with Crippen LogP contribution in [0.5, 0.6) is 5.75 Å². The Labute approximate surface area is 167 Å². The second-order valence-electron chi connectivity index (χ2n) is 6.39. The third-order valence-corrected chi connectivity index (χ3v) is 5.36. The Morgan fingerprint density at radius 3 is 2.68 bits per heavy atom. The van der Waals surface area contributed by atoms with Crippen molar-refractivity contribution in [2.45, 2.75) is 31.5 Å². The van der Waals surface area contributed by atoms with Crippen LogP contribution in [-0.4, -0.2) is 34.4 Å². The molecular formula is C21H23N3O3S. The van der Waals surface area contributed by atoms with Crippen molar-refractivity contribution in [1.29, 1.82) is 0 Å². The summed E-state index contributed by atoms with van der Waals surface area (Å²) in [7, 11) is 1.56. The minimum atomic E-state index is -0.195. The molecule has 0 spiro atoms. The van der Waals surface area contributed by atoms with Crippen molar-refractivity contribution in [3.05, 3.63) is 58.9 Å². The molecule has 0 radical (unpaired) electrons. The number of aromatic nitrogens is 2. The van der Waals surface area contributed by atoms with Gasteiger partial charge < -0.3 is 10.1 Å². The summed E-state index contributed by atoms with van der Waals surface area (Å²) >= 11 is 1.23. The van der Waals surface area contributed by atoms with E-state index in [0.717, 1.165) is 6.42 Å². The molecule has 1 heterocycles. The van der Waals surface area contributed by atoms with E-state index < -0.39 is 0 Å². The van der Waals surface area contributed by atoms with Crippen LogP contribution >= 0.6 is 11.8 Å². The maximum Gasteiger partial charge on any atom is 0.266 e. The molecule has 0 aliphatic carbocycles. The van der Waals surface area contributed by atoms with Gasteiger partial charge in [-0.1, -0.05) is 43.0 Å². The summed E-state index contributed by atoms with van der Waals surface area (Å²) < 4.78 is 6.95. The second-order valence-corrected chi connectivity index (χ2v) is 7.33. The number of benzene rings is 2. The first-order chi connectivity index (χ1) is 13.5. The molecule has 0 unspecified atom stereocenters. The van der Waals surface area contributed by atoms with Gasteiger partial charge in [-0.25, -0.2) is 4.98 Å². The first kappa shape index (κ1) is 19.9. The minimum absolute atomic E-state index is 0.0895. The van der Waals surface area contributed by atoms with Gasteiger partial charge in [-0.2, -0.15) is 0 Å². The lowest BCUT2D eigenvalue weighted by Crippen LogP contribution is -2.33. The van der Waals surface area contributed by atoms with E-state index in [4.69, 9.17) is 4.74 Å². The number of para-hydroxylation sites is 3. The van der Waals surface area contributed by atoms with Gasteiger partial charge in [0.25, 0.3) is 5.56 Å². The number of ether oxygens (including phenoxy) is 1. The van der Waals surface area contributed by atoms with Crippen LogP contribution in [0.4, 0.5) is 0 Å². The van der Waals surface area contributed by atoms with E-state index in [9.17, 15) is 9.59 Å². The quantitative estimate of drug-likeness (QED) is 0.489. The standard InChI is InChI=1S/C21H23N3O3S/c1-4-14(2)22-19(25)13-28-21-23-16-10-6-5-9-15(16)20(26)24(21)17-11-7-8-12-18(17)27-3/h5-12,14H,4,13H2,1-3H3,(H,22,25)/t14-/m1/s1. The summed E-state index contributed by atoms with van der Waals surface area (Å²) in [6.07, 6.45) is 0.858. The van der Waals surface area contributed by atoms with Crippen LogP contribution < -0.4 is 15.6 Å². The zero-order valence-electron chi connectivity index (χ0n) is 16.1. The van der Waals surface area contributed by atoms with Crippen LogP contribution in [0.1, 0.15) is 20.3 Å². The molecule has 0 saturated carbocycles. The Morgan fingerprint density at radius 1 is 1.21 bits per heavy atom. The predicted molar refractivity (Wildman–Crippen MR) is 113 cm³/mol. The number of fused-ring (bicyclic) bond motifs is 1. The van der Waals surface area contributed by atoms with E-state index in [-0.39, 0.29) is 23.3 Å². The molecule has 146 valence electrons. The Hall–Kier alpha value is -2.80. The third-order valence-electron chi connectivity index (χ3n) is 4.42. The fourth-order valence-corrected chi connectivity index (χ4v) is 3.60. The Bertz CT molecular complexity index is 1050. The molecule has 6 nitrogen and oxygen atoms in total. The van der Waals surface area contributed by atoms with Crippen molar-refractivity contribution in [2.24, 2.45) is 0 Å². The van der Waals surface area contributed by atoms with E-state index in [0.29, 0.717) is 27.5 Å². The van der Waals surface area contributed by atoms with E-state index >= 15 is 0 Å². The molecule has 0 bridgehead atoms. The predicted octanol–water partition coefficient (Wildman–Crippen LogP) is 3.40. The molecule has 0 fully saturated rings. The maximum absolute atomic E-state index is 13.2. The number of nitrogens with zero attached hydrogens (tertiary/aromatic N) is 2. The van der Waals surface area contributed by atoms with Gasteiger partial charge in [0, 0.05) is 6.04 Å². The number of methoxy groups -OCH3 is 1. The molecule has 0 aliphatic heterocycles. The van der Waals surface area contributed by atoms with Gasteiger partial charge >= 0.3 is 0 Å². The van der Waals surface area contributed by atoms with Crippen LogP contribution in [0.25, 0.3) is 16.6 Å². The smallest absolute Gasteiger partial charge is 0.266 e. The van der Waals surface area contributed by atoms with Crippen LogP contribution in [0.3, 0.4) is 0 Å². The van der Waals surface area contributed by atoms with E-state index in [2.05, 4.69) is 10.3 Å². The zero-order chi connectivity index (χ0) is 20.1. The fraction of sp³-hybridized carbons (Fsp3) is 0.286. The zero-order valence-corrected chi connectivity index (χ0v) is 17.0. The number of hydrogen-bond acceptors (Lipinski definition) is 5. The molecule has 0 aliphatic rings. The number of hydrogen-bond donors (Lipinski definition) is 1. The summed E-state index contributed by atoms with van der Waals surface area (Å²) in [6, 6.07) is 14.6. The van der Waals surface area contributed by atoms with Gasteiger partial charge in [-0.05, 0) is 37.6 Å². The summed E-state index contributed by atoms with van der Waals surface area (Å²) in [5, 5.41) is 3.90. The van der Waals surface area contributed by atoms with Crippen molar-refractivity contribution in [2.75, 3.05) is 12.9 Å². The minimum Gasteiger partial charge on any atom is -0.495 e. The Kier molecular flexibility index (Phi) is 6.36. The summed E-state index contributed by atoms with van der Waals surface area (Å²) in [5.74, 6) is 0.644. The molecule has 28 heavy (non-hydrogen) atoms. The normalized spacial score (nSPS) is 12.0. The first-order valence-corrected chi connectivity index (χ1v) is 10.1. The van der Waals surface area contributed by atoms with Crippen LogP contribution in [0.15, 0.2) is 58.5 Å². The number of rotatable bonds is 7. The van der Waals surface area contributed by atoms with Crippen molar-refractivity contribution in [3.63, 3.8) is 0 Å². The van der Waals surface area contributed by atoms with Crippen LogP contribution in [0, 0.1) is 0 Å². The van der Waals surface area contributed by atoms with Crippen LogP contribution in [0.2, 0.25) is 0 Å². The third kappa shape index (κ3) is 4.20. The highest BCUT2D eigenvalue weighted by atomic mass is 32.2. The average Bonchev–Trinajstić information content (AvgIpc) is 2.72. The van der Waals surface area contributed by atoms with Crippen molar-refractivity contribution in [1.82, 2.24) is 14.9 Å². The molecule has 7 heteroatoms. The molecule has 0 saturated heterocycles. The van der Waals surface area contributed by atoms with Crippen LogP contribution in [-0.2, 0) is 4.79 Å². The number of carbonyl (C=O) groups excluding carboxylic acids is 1.